The van der Waals surface area contributed by atoms with E-state index in [1.165, 1.54) is 5.56 Å². The Balaban J connectivity index is 2.18. The first kappa shape index (κ1) is 12.4. The van der Waals surface area contributed by atoms with Crippen molar-refractivity contribution in [1.29, 1.82) is 0 Å². The fourth-order valence-electron chi connectivity index (χ4n) is 1.82. The second kappa shape index (κ2) is 6.65. The van der Waals surface area contributed by atoms with Crippen molar-refractivity contribution in [2.45, 2.75) is 13.3 Å². The molecular formula is C17H18O. The molecule has 0 heterocycles. The van der Waals surface area contributed by atoms with E-state index in [-0.39, 0.29) is 0 Å². The number of allylic oxidation sites excluding steroid dienone is 1. The maximum atomic E-state index is 5.81. The molecule has 1 heteroatoms. The van der Waals surface area contributed by atoms with Gasteiger partial charge in [0.25, 0.3) is 0 Å². The summed E-state index contributed by atoms with van der Waals surface area (Å²) in [7, 11) is 0. The molecule has 0 bridgehead atoms. The minimum atomic E-state index is 0.623. The lowest BCUT2D eigenvalue weighted by molar-refractivity contribution is 0.364. The van der Waals surface area contributed by atoms with Crippen molar-refractivity contribution >= 4 is 0 Å². The zero-order chi connectivity index (χ0) is 12.6. The lowest BCUT2D eigenvalue weighted by atomic mass is 10.1. The predicted octanol–water partition coefficient (Wildman–Crippen LogP) is 4.70. The Morgan fingerprint density at radius 3 is 2.39 bits per heavy atom. The average Bonchev–Trinajstić information content (AvgIpc) is 2.45. The average molecular weight is 238 g/mol. The standard InChI is InChI=1S/C17H18O/c1-2-3-9-14-18-17-13-8-7-12-16(17)15-10-5-4-6-11-15/h3-13H,2,14H2,1H3/b9-3+. The van der Waals surface area contributed by atoms with Gasteiger partial charge in [0, 0.05) is 5.56 Å². The highest BCUT2D eigenvalue weighted by Gasteiger charge is 2.03. The van der Waals surface area contributed by atoms with Gasteiger partial charge in [0.15, 0.2) is 0 Å². The van der Waals surface area contributed by atoms with E-state index in [2.05, 4.69) is 37.3 Å². The first-order valence-corrected chi connectivity index (χ1v) is 6.34. The molecular weight excluding hydrogens is 220 g/mol. The van der Waals surface area contributed by atoms with Gasteiger partial charge in [-0.15, -0.1) is 0 Å². The van der Waals surface area contributed by atoms with Crippen molar-refractivity contribution in [2.75, 3.05) is 6.61 Å². The Morgan fingerprint density at radius 1 is 0.889 bits per heavy atom. The number of rotatable bonds is 5. The van der Waals surface area contributed by atoms with E-state index in [0.29, 0.717) is 6.61 Å². The van der Waals surface area contributed by atoms with E-state index in [9.17, 15) is 0 Å². The molecule has 2 aromatic rings. The van der Waals surface area contributed by atoms with Gasteiger partial charge in [-0.3, -0.25) is 0 Å². The van der Waals surface area contributed by atoms with Gasteiger partial charge in [0.05, 0.1) is 0 Å². The maximum absolute atomic E-state index is 5.81. The van der Waals surface area contributed by atoms with Crippen LogP contribution in [0.3, 0.4) is 0 Å². The van der Waals surface area contributed by atoms with Crippen LogP contribution < -0.4 is 4.74 Å². The smallest absolute Gasteiger partial charge is 0.127 e. The topological polar surface area (TPSA) is 9.23 Å². The van der Waals surface area contributed by atoms with Crippen LogP contribution in [0.15, 0.2) is 66.7 Å². The second-order valence-corrected chi connectivity index (χ2v) is 4.05. The molecule has 0 radical (unpaired) electrons. The van der Waals surface area contributed by atoms with Gasteiger partial charge < -0.3 is 4.74 Å². The van der Waals surface area contributed by atoms with Gasteiger partial charge in [-0.2, -0.15) is 0 Å². The normalized spacial score (nSPS) is 10.7. The van der Waals surface area contributed by atoms with Gasteiger partial charge in [-0.05, 0) is 18.1 Å². The highest BCUT2D eigenvalue weighted by atomic mass is 16.5. The van der Waals surface area contributed by atoms with Crippen molar-refractivity contribution in [3.05, 3.63) is 66.7 Å². The zero-order valence-electron chi connectivity index (χ0n) is 10.7. The van der Waals surface area contributed by atoms with Gasteiger partial charge in [-0.1, -0.05) is 67.6 Å². The van der Waals surface area contributed by atoms with E-state index in [4.69, 9.17) is 4.74 Å². The molecule has 0 aliphatic rings. The summed E-state index contributed by atoms with van der Waals surface area (Å²) in [5.74, 6) is 0.935. The number of para-hydroxylation sites is 1. The monoisotopic (exact) mass is 238 g/mol. The van der Waals surface area contributed by atoms with Gasteiger partial charge in [0.2, 0.25) is 0 Å². The number of ether oxygens (including phenoxy) is 1. The van der Waals surface area contributed by atoms with Gasteiger partial charge in [0.1, 0.15) is 12.4 Å². The van der Waals surface area contributed by atoms with Crippen LogP contribution in [0.4, 0.5) is 0 Å². The minimum absolute atomic E-state index is 0.623. The highest BCUT2D eigenvalue weighted by molar-refractivity contribution is 5.70. The molecule has 0 saturated heterocycles. The Kier molecular flexibility index (Phi) is 4.60. The summed E-state index contributed by atoms with van der Waals surface area (Å²) in [6.07, 6.45) is 5.22. The fraction of sp³-hybridized carbons (Fsp3) is 0.176. The molecule has 2 rings (SSSR count). The maximum Gasteiger partial charge on any atom is 0.127 e. The Hall–Kier alpha value is -2.02. The van der Waals surface area contributed by atoms with Crippen LogP contribution in [0.2, 0.25) is 0 Å². The van der Waals surface area contributed by atoms with Crippen LogP contribution in [-0.4, -0.2) is 6.61 Å². The number of hydrogen-bond donors (Lipinski definition) is 0. The SMILES string of the molecule is CC/C=C/COc1ccccc1-c1ccccc1. The van der Waals surface area contributed by atoms with Crippen molar-refractivity contribution < 1.29 is 4.74 Å². The van der Waals surface area contributed by atoms with E-state index < -0.39 is 0 Å². The Labute approximate surface area is 109 Å². The Bertz CT molecular complexity index is 500. The molecule has 0 aliphatic carbocycles. The lowest BCUT2D eigenvalue weighted by Crippen LogP contribution is -1.95. The molecule has 0 unspecified atom stereocenters. The molecule has 1 nitrogen and oxygen atoms in total. The van der Waals surface area contributed by atoms with E-state index in [1.54, 1.807) is 0 Å². The molecule has 0 fully saturated rings. The molecule has 92 valence electrons. The van der Waals surface area contributed by atoms with Crippen LogP contribution in [-0.2, 0) is 0 Å². The number of hydrogen-bond acceptors (Lipinski definition) is 1. The van der Waals surface area contributed by atoms with Gasteiger partial charge >= 0.3 is 0 Å². The predicted molar refractivity (Wildman–Crippen MR) is 76.8 cm³/mol. The van der Waals surface area contributed by atoms with Crippen LogP contribution in [0, 0.1) is 0 Å². The molecule has 0 N–H and O–H groups in total. The third kappa shape index (κ3) is 3.24. The fourth-order valence-corrected chi connectivity index (χ4v) is 1.82. The molecule has 0 aliphatic heterocycles. The molecule has 0 saturated carbocycles. The first-order chi connectivity index (χ1) is 8.92. The van der Waals surface area contributed by atoms with Gasteiger partial charge in [-0.25, -0.2) is 0 Å². The summed E-state index contributed by atoms with van der Waals surface area (Å²) in [4.78, 5) is 0. The first-order valence-electron chi connectivity index (χ1n) is 6.34. The van der Waals surface area contributed by atoms with Crippen molar-refractivity contribution in [2.24, 2.45) is 0 Å². The van der Waals surface area contributed by atoms with E-state index in [0.717, 1.165) is 17.7 Å². The lowest BCUT2D eigenvalue weighted by Gasteiger charge is -2.10. The van der Waals surface area contributed by atoms with E-state index >= 15 is 0 Å². The Morgan fingerprint density at radius 2 is 1.61 bits per heavy atom. The molecule has 0 spiro atoms. The molecule has 0 aromatic heterocycles. The largest absolute Gasteiger partial charge is 0.489 e. The second-order valence-electron chi connectivity index (χ2n) is 4.05. The van der Waals surface area contributed by atoms with Crippen LogP contribution in [0.5, 0.6) is 5.75 Å². The summed E-state index contributed by atoms with van der Waals surface area (Å²) in [6.45, 7) is 2.74. The van der Waals surface area contributed by atoms with Crippen LogP contribution >= 0.6 is 0 Å². The minimum Gasteiger partial charge on any atom is -0.489 e. The molecule has 2 aromatic carbocycles. The van der Waals surface area contributed by atoms with Crippen molar-refractivity contribution in [1.82, 2.24) is 0 Å². The summed E-state index contributed by atoms with van der Waals surface area (Å²) >= 11 is 0. The third-order valence-electron chi connectivity index (χ3n) is 2.71. The molecule has 0 amide bonds. The zero-order valence-corrected chi connectivity index (χ0v) is 10.7. The van der Waals surface area contributed by atoms with Crippen molar-refractivity contribution in [3.8, 4) is 16.9 Å². The third-order valence-corrected chi connectivity index (χ3v) is 2.71. The summed E-state index contributed by atoms with van der Waals surface area (Å²) < 4.78 is 5.81. The van der Waals surface area contributed by atoms with Crippen LogP contribution in [0.1, 0.15) is 13.3 Å². The van der Waals surface area contributed by atoms with E-state index in [1.807, 2.05) is 36.4 Å². The number of benzene rings is 2. The molecule has 0 atom stereocenters. The summed E-state index contributed by atoms with van der Waals surface area (Å²) in [6, 6.07) is 18.5. The van der Waals surface area contributed by atoms with Crippen LogP contribution in [0.25, 0.3) is 11.1 Å². The summed E-state index contributed by atoms with van der Waals surface area (Å²) in [5, 5.41) is 0. The quantitative estimate of drug-likeness (QED) is 0.686. The molecule has 18 heavy (non-hydrogen) atoms. The van der Waals surface area contributed by atoms with Crippen molar-refractivity contribution in [3.63, 3.8) is 0 Å². The summed E-state index contributed by atoms with van der Waals surface area (Å²) in [5.41, 5.74) is 2.33. The highest BCUT2D eigenvalue weighted by Crippen LogP contribution is 2.29.